The smallest absolute Gasteiger partial charge is 0.139 e. The first kappa shape index (κ1) is 17.2. The number of hydrogen-bond acceptors (Lipinski definition) is 5. The molecule has 4 aromatic rings. The molecule has 1 saturated heterocycles. The van der Waals surface area contributed by atoms with Crippen molar-refractivity contribution in [1.82, 2.24) is 10.3 Å². The lowest BCUT2D eigenvalue weighted by Gasteiger charge is -2.29. The maximum Gasteiger partial charge on any atom is 0.139 e. The molecule has 5 heteroatoms. The molecule has 1 aliphatic heterocycles. The van der Waals surface area contributed by atoms with E-state index < -0.39 is 0 Å². The van der Waals surface area contributed by atoms with Crippen LogP contribution in [0.3, 0.4) is 0 Å². The van der Waals surface area contributed by atoms with E-state index in [0.29, 0.717) is 0 Å². The summed E-state index contributed by atoms with van der Waals surface area (Å²) in [5.41, 5.74) is 4.29. The van der Waals surface area contributed by atoms with Crippen molar-refractivity contribution in [3.05, 3.63) is 71.9 Å². The fraction of sp³-hybridized carbons (Fsp3) is 0.261. The SMILES string of the molecule is c1cnc(N2CCOCC2)c(CNCc2cccc3c2oc2ccccc23)c1. The third-order valence-electron chi connectivity index (χ3n) is 5.29. The third kappa shape index (κ3) is 3.23. The van der Waals surface area contributed by atoms with Gasteiger partial charge in [0, 0.05) is 54.3 Å². The largest absolute Gasteiger partial charge is 0.456 e. The predicted molar refractivity (Wildman–Crippen MR) is 112 cm³/mol. The minimum absolute atomic E-state index is 0.745. The van der Waals surface area contributed by atoms with E-state index in [2.05, 4.69) is 51.6 Å². The first-order valence-corrected chi connectivity index (χ1v) is 9.76. The minimum atomic E-state index is 0.745. The number of pyridine rings is 1. The van der Waals surface area contributed by atoms with Crippen LogP contribution in [0, 0.1) is 0 Å². The second-order valence-electron chi connectivity index (χ2n) is 7.08. The van der Waals surface area contributed by atoms with E-state index in [1.54, 1.807) is 0 Å². The van der Waals surface area contributed by atoms with E-state index in [1.807, 2.05) is 24.4 Å². The van der Waals surface area contributed by atoms with E-state index in [9.17, 15) is 0 Å². The van der Waals surface area contributed by atoms with Crippen LogP contribution < -0.4 is 10.2 Å². The fourth-order valence-electron chi connectivity index (χ4n) is 3.90. The normalized spacial score (nSPS) is 14.8. The van der Waals surface area contributed by atoms with Crippen LogP contribution in [-0.4, -0.2) is 31.3 Å². The Bertz CT molecular complexity index is 1100. The number of aromatic nitrogens is 1. The lowest BCUT2D eigenvalue weighted by molar-refractivity contribution is 0.122. The molecule has 28 heavy (non-hydrogen) atoms. The molecule has 0 saturated carbocycles. The summed E-state index contributed by atoms with van der Waals surface area (Å²) < 4.78 is 11.6. The van der Waals surface area contributed by atoms with Crippen molar-refractivity contribution in [3.63, 3.8) is 0 Å². The van der Waals surface area contributed by atoms with Crippen LogP contribution in [-0.2, 0) is 17.8 Å². The van der Waals surface area contributed by atoms with Crippen LogP contribution >= 0.6 is 0 Å². The van der Waals surface area contributed by atoms with Crippen LogP contribution in [0.1, 0.15) is 11.1 Å². The molecule has 142 valence electrons. The maximum absolute atomic E-state index is 6.13. The fourth-order valence-corrected chi connectivity index (χ4v) is 3.90. The molecule has 0 unspecified atom stereocenters. The Labute approximate surface area is 163 Å². The van der Waals surface area contributed by atoms with Crippen molar-refractivity contribution in [2.45, 2.75) is 13.1 Å². The average Bonchev–Trinajstić information content (AvgIpc) is 3.14. The Morgan fingerprint density at radius 3 is 2.57 bits per heavy atom. The number of furan rings is 1. The molecule has 0 atom stereocenters. The van der Waals surface area contributed by atoms with E-state index in [1.165, 1.54) is 21.9 Å². The quantitative estimate of drug-likeness (QED) is 0.571. The summed E-state index contributed by atoms with van der Waals surface area (Å²) in [6, 6.07) is 18.7. The van der Waals surface area contributed by atoms with Crippen molar-refractivity contribution in [3.8, 4) is 0 Å². The Morgan fingerprint density at radius 1 is 0.857 bits per heavy atom. The molecular formula is C23H23N3O2. The van der Waals surface area contributed by atoms with Crippen molar-refractivity contribution in [1.29, 1.82) is 0 Å². The zero-order valence-electron chi connectivity index (χ0n) is 15.7. The van der Waals surface area contributed by atoms with Gasteiger partial charge < -0.3 is 19.4 Å². The summed E-state index contributed by atoms with van der Waals surface area (Å²) in [6.07, 6.45) is 1.86. The van der Waals surface area contributed by atoms with Crippen molar-refractivity contribution >= 4 is 27.8 Å². The van der Waals surface area contributed by atoms with Gasteiger partial charge in [0.15, 0.2) is 0 Å². The highest BCUT2D eigenvalue weighted by Gasteiger charge is 2.16. The average molecular weight is 373 g/mol. The summed E-state index contributed by atoms with van der Waals surface area (Å²) in [5.74, 6) is 1.06. The molecular weight excluding hydrogens is 350 g/mol. The second-order valence-corrected chi connectivity index (χ2v) is 7.08. The first-order valence-electron chi connectivity index (χ1n) is 9.76. The first-order chi connectivity index (χ1) is 13.9. The Hall–Kier alpha value is -2.89. The highest BCUT2D eigenvalue weighted by Crippen LogP contribution is 2.30. The lowest BCUT2D eigenvalue weighted by Crippen LogP contribution is -2.37. The van der Waals surface area contributed by atoms with Crippen LogP contribution in [0.25, 0.3) is 21.9 Å². The molecule has 5 rings (SSSR count). The van der Waals surface area contributed by atoms with Crippen molar-refractivity contribution in [2.75, 3.05) is 31.2 Å². The van der Waals surface area contributed by atoms with Gasteiger partial charge in [0.25, 0.3) is 0 Å². The molecule has 1 aliphatic rings. The number of morpholine rings is 1. The number of fused-ring (bicyclic) bond motifs is 3. The second kappa shape index (κ2) is 7.62. The number of nitrogens with one attached hydrogen (secondary N) is 1. The van der Waals surface area contributed by atoms with Gasteiger partial charge in [-0.2, -0.15) is 0 Å². The molecule has 3 heterocycles. The van der Waals surface area contributed by atoms with Gasteiger partial charge in [-0.3, -0.25) is 0 Å². The van der Waals surface area contributed by atoms with Crippen LogP contribution in [0.5, 0.6) is 0 Å². The van der Waals surface area contributed by atoms with Gasteiger partial charge >= 0.3 is 0 Å². The molecule has 2 aromatic heterocycles. The molecule has 0 bridgehead atoms. The van der Waals surface area contributed by atoms with Gasteiger partial charge in [0.2, 0.25) is 0 Å². The summed E-state index contributed by atoms with van der Waals surface area (Å²) in [5, 5.41) is 5.92. The molecule has 0 amide bonds. The Balaban J connectivity index is 1.35. The third-order valence-corrected chi connectivity index (χ3v) is 5.29. The standard InChI is InChI=1S/C23H23N3O2/c1-2-9-21-19(7-1)20-8-3-5-17(22(20)28-21)15-24-16-18-6-4-10-25-23(18)26-11-13-27-14-12-26/h1-10,24H,11-16H2. The number of para-hydroxylation sites is 2. The van der Waals surface area contributed by atoms with Gasteiger partial charge in [-0.15, -0.1) is 0 Å². The summed E-state index contributed by atoms with van der Waals surface area (Å²) in [6.45, 7) is 4.81. The van der Waals surface area contributed by atoms with Crippen molar-refractivity contribution in [2.24, 2.45) is 0 Å². The van der Waals surface area contributed by atoms with Gasteiger partial charge in [-0.25, -0.2) is 4.98 Å². The predicted octanol–water partition coefficient (Wildman–Crippen LogP) is 4.11. The molecule has 0 aliphatic carbocycles. The van der Waals surface area contributed by atoms with Crippen LogP contribution in [0.4, 0.5) is 5.82 Å². The zero-order valence-corrected chi connectivity index (χ0v) is 15.7. The molecule has 5 nitrogen and oxygen atoms in total. The molecule has 0 spiro atoms. The van der Waals surface area contributed by atoms with E-state index >= 15 is 0 Å². The van der Waals surface area contributed by atoms with E-state index in [0.717, 1.165) is 56.4 Å². The molecule has 1 N–H and O–H groups in total. The Morgan fingerprint density at radius 2 is 1.64 bits per heavy atom. The van der Waals surface area contributed by atoms with Gasteiger partial charge in [-0.05, 0) is 12.1 Å². The highest BCUT2D eigenvalue weighted by atomic mass is 16.5. The summed E-state index contributed by atoms with van der Waals surface area (Å²) in [7, 11) is 0. The number of anilines is 1. The number of ether oxygens (including phenoxy) is 1. The number of rotatable bonds is 5. The summed E-state index contributed by atoms with van der Waals surface area (Å²) >= 11 is 0. The number of nitrogens with zero attached hydrogens (tertiary/aromatic N) is 2. The lowest BCUT2D eigenvalue weighted by atomic mass is 10.1. The zero-order chi connectivity index (χ0) is 18.8. The molecule has 2 aromatic carbocycles. The van der Waals surface area contributed by atoms with Crippen LogP contribution in [0.2, 0.25) is 0 Å². The minimum Gasteiger partial charge on any atom is -0.456 e. The monoisotopic (exact) mass is 373 g/mol. The molecule has 1 fully saturated rings. The van der Waals surface area contributed by atoms with Gasteiger partial charge in [0.05, 0.1) is 13.2 Å². The number of benzene rings is 2. The highest BCUT2D eigenvalue weighted by molar-refractivity contribution is 6.05. The van der Waals surface area contributed by atoms with E-state index in [-0.39, 0.29) is 0 Å². The molecule has 0 radical (unpaired) electrons. The van der Waals surface area contributed by atoms with Gasteiger partial charge in [-0.1, -0.05) is 42.5 Å². The van der Waals surface area contributed by atoms with Gasteiger partial charge in [0.1, 0.15) is 17.0 Å². The summed E-state index contributed by atoms with van der Waals surface area (Å²) in [4.78, 5) is 6.92. The number of hydrogen-bond donors (Lipinski definition) is 1. The van der Waals surface area contributed by atoms with Crippen molar-refractivity contribution < 1.29 is 9.15 Å². The van der Waals surface area contributed by atoms with Crippen LogP contribution in [0.15, 0.2) is 65.2 Å². The van der Waals surface area contributed by atoms with E-state index in [4.69, 9.17) is 9.15 Å². The topological polar surface area (TPSA) is 50.5 Å². The Kier molecular flexibility index (Phi) is 4.69. The maximum atomic E-state index is 6.13.